The SMILES string of the molecule is C=C/C=C\C(=C)C.CC.C[C@@H](CCCCNC(=O)CNCCN(CCN(CCN(C)CC(=O)O)CC(=O)O)CC(=O)O)C(N)=O.[Lu]. The molecular formula is C31H58LuN6O8. The van der Waals surface area contributed by atoms with Crippen molar-refractivity contribution in [2.24, 2.45) is 11.7 Å². The van der Waals surface area contributed by atoms with Gasteiger partial charge in [-0.15, -0.1) is 0 Å². The normalized spacial score (nSPS) is 11.0. The van der Waals surface area contributed by atoms with Crippen LogP contribution in [0.15, 0.2) is 37.0 Å². The minimum atomic E-state index is -1.03. The zero-order valence-electron chi connectivity index (χ0n) is 28.2. The molecule has 0 bridgehead atoms. The van der Waals surface area contributed by atoms with E-state index in [-0.39, 0.29) is 87.3 Å². The molecule has 2 amide bonds. The van der Waals surface area contributed by atoms with E-state index in [0.717, 1.165) is 18.4 Å². The molecule has 0 rings (SSSR count). The molecule has 0 aliphatic carbocycles. The van der Waals surface area contributed by atoms with Crippen molar-refractivity contribution in [2.45, 2.75) is 47.0 Å². The van der Waals surface area contributed by atoms with Crippen molar-refractivity contribution in [1.82, 2.24) is 25.3 Å². The number of allylic oxidation sites excluding steroid dienone is 4. The Morgan fingerprint density at radius 3 is 1.78 bits per heavy atom. The third kappa shape index (κ3) is 37.8. The molecule has 0 aromatic rings. The van der Waals surface area contributed by atoms with Gasteiger partial charge in [-0.2, -0.15) is 0 Å². The molecular weight excluding hydrogens is 759 g/mol. The fourth-order valence-corrected chi connectivity index (χ4v) is 3.51. The maximum Gasteiger partial charge on any atom is 0.317 e. The van der Waals surface area contributed by atoms with Crippen LogP contribution in [0.4, 0.5) is 0 Å². The van der Waals surface area contributed by atoms with Crippen molar-refractivity contribution in [2.75, 3.05) is 79.0 Å². The number of unbranched alkanes of at least 4 members (excludes halogenated alkanes) is 1. The molecule has 0 saturated carbocycles. The van der Waals surface area contributed by atoms with Crippen LogP contribution in [-0.4, -0.2) is 139 Å². The molecule has 0 heterocycles. The Hall–Kier alpha value is -2.36. The number of amides is 2. The minimum absolute atomic E-state index is 0. The third-order valence-corrected chi connectivity index (χ3v) is 5.93. The molecule has 7 N–H and O–H groups in total. The van der Waals surface area contributed by atoms with Crippen molar-refractivity contribution in [1.29, 1.82) is 0 Å². The van der Waals surface area contributed by atoms with Gasteiger partial charge >= 0.3 is 17.9 Å². The van der Waals surface area contributed by atoms with E-state index in [1.165, 1.54) is 0 Å². The number of primary amides is 1. The number of hydrogen-bond donors (Lipinski definition) is 6. The first-order valence-corrected chi connectivity index (χ1v) is 15.2. The summed E-state index contributed by atoms with van der Waals surface area (Å²) in [5.74, 6) is -3.75. The molecule has 0 fully saturated rings. The Balaban J connectivity index is -0.000000772. The largest absolute Gasteiger partial charge is 0.480 e. The van der Waals surface area contributed by atoms with E-state index < -0.39 is 17.9 Å². The van der Waals surface area contributed by atoms with Gasteiger partial charge in [0.25, 0.3) is 0 Å². The number of hydrogen-bond acceptors (Lipinski definition) is 9. The molecule has 0 unspecified atom stereocenters. The molecule has 0 spiro atoms. The standard InChI is InChI=1S/C22H42N6O8.C7H10.C2H6.Lu/c1-17(22(23)36)5-3-4-6-25-18(29)13-24-7-8-27(15-20(32)33)11-12-28(16-21(34)35)10-9-26(2)14-19(30)31;1-4-5-6-7(2)3;1-2;/h17,24H,3-16H2,1-2H3,(H2,23,36)(H,25,29)(H,30,31)(H,32,33)(H,34,35);4-6H,1-2H2,3H3;1-2H3;/b;6-5-;;/t17-;;;/m0.../s1. The molecule has 1 radical (unpaired) electrons. The second-order valence-corrected chi connectivity index (χ2v) is 10.2. The van der Waals surface area contributed by atoms with Crippen LogP contribution in [0.3, 0.4) is 0 Å². The van der Waals surface area contributed by atoms with Crippen molar-refractivity contribution < 1.29 is 76.2 Å². The monoisotopic (exact) mass is 817 g/mol. The van der Waals surface area contributed by atoms with Gasteiger partial charge in [0.05, 0.1) is 26.2 Å². The Morgan fingerprint density at radius 1 is 0.848 bits per heavy atom. The van der Waals surface area contributed by atoms with E-state index in [9.17, 15) is 29.1 Å². The van der Waals surface area contributed by atoms with Crippen LogP contribution in [0.25, 0.3) is 0 Å². The van der Waals surface area contributed by atoms with Crippen LogP contribution in [0.2, 0.25) is 0 Å². The van der Waals surface area contributed by atoms with Crippen molar-refractivity contribution in [3.05, 3.63) is 37.0 Å². The van der Waals surface area contributed by atoms with Crippen molar-refractivity contribution >= 4 is 29.7 Å². The van der Waals surface area contributed by atoms with E-state index in [1.807, 2.05) is 32.9 Å². The Morgan fingerprint density at radius 2 is 1.35 bits per heavy atom. The van der Waals surface area contributed by atoms with Crippen LogP contribution in [0.1, 0.15) is 47.0 Å². The summed E-state index contributed by atoms with van der Waals surface area (Å²) in [6.45, 7) is 16.7. The summed E-state index contributed by atoms with van der Waals surface area (Å²) in [6, 6.07) is 0. The second kappa shape index (κ2) is 34.0. The van der Waals surface area contributed by atoms with Crippen molar-refractivity contribution in [3.63, 3.8) is 0 Å². The second-order valence-electron chi connectivity index (χ2n) is 10.2. The summed E-state index contributed by atoms with van der Waals surface area (Å²) in [6.07, 6.45) is 7.68. The van der Waals surface area contributed by atoms with E-state index >= 15 is 0 Å². The molecule has 14 nitrogen and oxygen atoms in total. The first kappa shape index (κ1) is 50.5. The summed E-state index contributed by atoms with van der Waals surface area (Å²) >= 11 is 0. The van der Waals surface area contributed by atoms with E-state index in [4.69, 9.17) is 15.9 Å². The topological polar surface area (TPSA) is 206 Å². The van der Waals surface area contributed by atoms with Gasteiger partial charge in [-0.25, -0.2) is 0 Å². The van der Waals surface area contributed by atoms with E-state index in [1.54, 1.807) is 34.7 Å². The van der Waals surface area contributed by atoms with Crippen LogP contribution in [0.5, 0.6) is 0 Å². The first-order chi connectivity index (χ1) is 21.2. The smallest absolute Gasteiger partial charge is 0.317 e. The molecule has 0 aliphatic heterocycles. The predicted octanol–water partition coefficient (Wildman–Crippen LogP) is 1.10. The number of carboxylic acid groups (broad SMARTS) is 3. The van der Waals surface area contributed by atoms with Crippen molar-refractivity contribution in [3.8, 4) is 0 Å². The van der Waals surface area contributed by atoms with Crippen LogP contribution < -0.4 is 16.4 Å². The maximum atomic E-state index is 11.9. The van der Waals surface area contributed by atoms with Gasteiger partial charge in [-0.3, -0.25) is 38.7 Å². The molecule has 0 aromatic carbocycles. The van der Waals surface area contributed by atoms with Crippen LogP contribution in [-0.2, 0) is 24.0 Å². The fourth-order valence-electron chi connectivity index (χ4n) is 3.51. The van der Waals surface area contributed by atoms with Gasteiger partial charge in [-0.05, 0) is 26.8 Å². The zero-order valence-corrected chi connectivity index (χ0v) is 29.8. The molecule has 15 heteroatoms. The van der Waals surface area contributed by atoms with Gasteiger partial charge < -0.3 is 31.7 Å². The number of aliphatic carboxylic acids is 3. The number of carboxylic acids is 3. The summed E-state index contributed by atoms with van der Waals surface area (Å²) in [7, 11) is 1.62. The van der Waals surface area contributed by atoms with Gasteiger partial charge in [-0.1, -0.05) is 64.2 Å². The van der Waals surface area contributed by atoms with Crippen LogP contribution in [0, 0.1) is 42.8 Å². The fraction of sp³-hybridized carbons (Fsp3) is 0.645. The molecule has 46 heavy (non-hydrogen) atoms. The Bertz CT molecular complexity index is 919. The summed E-state index contributed by atoms with van der Waals surface area (Å²) in [4.78, 5) is 60.9. The molecule has 275 valence electrons. The van der Waals surface area contributed by atoms with E-state index in [2.05, 4.69) is 23.8 Å². The number of rotatable bonds is 25. The molecule has 0 saturated heterocycles. The van der Waals surface area contributed by atoms with Gasteiger partial charge in [0.1, 0.15) is 0 Å². The van der Waals surface area contributed by atoms with Gasteiger partial charge in [0, 0.05) is 88.6 Å². The predicted molar refractivity (Wildman–Crippen MR) is 177 cm³/mol. The number of nitrogens with one attached hydrogen (secondary N) is 2. The Kier molecular flexibility index (Phi) is 37.3. The first-order valence-electron chi connectivity index (χ1n) is 15.2. The number of likely N-dealkylation sites (N-methyl/N-ethyl adjacent to an activating group) is 1. The van der Waals surface area contributed by atoms with Crippen LogP contribution >= 0.6 is 0 Å². The zero-order chi connectivity index (χ0) is 35.2. The average Bonchev–Trinajstić information content (AvgIpc) is 2.95. The number of carbonyl (C=O) groups excluding carboxylic acids is 2. The quantitative estimate of drug-likeness (QED) is 0.0567. The summed E-state index contributed by atoms with van der Waals surface area (Å²) in [5, 5.41) is 32.9. The maximum absolute atomic E-state index is 11.9. The Labute approximate surface area is 304 Å². The molecule has 0 aliphatic rings. The molecule has 0 aromatic heterocycles. The van der Waals surface area contributed by atoms with E-state index in [0.29, 0.717) is 45.7 Å². The average molecular weight is 818 g/mol. The molecule has 1 atom stereocenters. The van der Waals surface area contributed by atoms with Gasteiger partial charge in [0.15, 0.2) is 0 Å². The summed E-state index contributed by atoms with van der Waals surface area (Å²) < 4.78 is 0. The third-order valence-electron chi connectivity index (χ3n) is 5.93. The minimum Gasteiger partial charge on any atom is -0.480 e. The number of nitrogens with zero attached hydrogens (tertiary/aromatic N) is 3. The number of nitrogens with two attached hydrogens (primary N) is 1. The summed E-state index contributed by atoms with van der Waals surface area (Å²) in [5.41, 5.74) is 6.26. The number of carbonyl (C=O) groups is 5. The van der Waals surface area contributed by atoms with Gasteiger partial charge in [0.2, 0.25) is 11.8 Å².